The molecule has 6 heteroatoms. The first-order valence-electron chi connectivity index (χ1n) is 5.79. The molecule has 19 heavy (non-hydrogen) atoms. The Balaban J connectivity index is 2.15. The van der Waals surface area contributed by atoms with E-state index in [0.717, 1.165) is 11.1 Å². The summed E-state index contributed by atoms with van der Waals surface area (Å²) in [7, 11) is 1.85. The van der Waals surface area contributed by atoms with Crippen LogP contribution in [0.5, 0.6) is 5.75 Å². The summed E-state index contributed by atoms with van der Waals surface area (Å²) in [5, 5.41) is 15.7. The fourth-order valence-electron chi connectivity index (χ4n) is 1.68. The molecule has 0 fully saturated rings. The zero-order chi connectivity index (χ0) is 13.8. The maximum atomic E-state index is 8.67. The van der Waals surface area contributed by atoms with Crippen LogP contribution in [0, 0.1) is 6.92 Å². The van der Waals surface area contributed by atoms with E-state index in [1.165, 1.54) is 0 Å². The maximum absolute atomic E-state index is 8.67. The topological polar surface area (TPSA) is 85.7 Å². The second-order valence-electron chi connectivity index (χ2n) is 4.28. The summed E-state index contributed by atoms with van der Waals surface area (Å²) in [6.07, 6.45) is 3.64. The number of oxime groups is 1. The van der Waals surface area contributed by atoms with E-state index < -0.39 is 0 Å². The molecule has 0 aliphatic heterocycles. The zero-order valence-electron chi connectivity index (χ0n) is 10.9. The van der Waals surface area contributed by atoms with Crippen LogP contribution < -0.4 is 10.5 Å². The summed E-state index contributed by atoms with van der Waals surface area (Å²) in [6.45, 7) is 2.36. The van der Waals surface area contributed by atoms with Crippen molar-refractivity contribution in [1.29, 1.82) is 0 Å². The Labute approximate surface area is 111 Å². The molecule has 0 spiro atoms. The third-order valence-corrected chi connectivity index (χ3v) is 2.74. The first-order chi connectivity index (χ1) is 9.10. The molecule has 0 radical (unpaired) electrons. The Hall–Kier alpha value is -2.50. The number of nitrogens with two attached hydrogens (primary N) is 1. The van der Waals surface area contributed by atoms with Gasteiger partial charge in [-0.15, -0.1) is 0 Å². The van der Waals surface area contributed by atoms with E-state index in [4.69, 9.17) is 15.7 Å². The zero-order valence-corrected chi connectivity index (χ0v) is 10.9. The number of nitrogens with zero attached hydrogens (tertiary/aromatic N) is 3. The van der Waals surface area contributed by atoms with Crippen molar-refractivity contribution in [1.82, 2.24) is 9.78 Å². The monoisotopic (exact) mass is 260 g/mol. The fraction of sp³-hybridized carbons (Fsp3) is 0.231. The molecule has 0 atom stereocenters. The first kappa shape index (κ1) is 12.9. The molecule has 1 aromatic heterocycles. The van der Waals surface area contributed by atoms with Crippen LogP contribution in [-0.2, 0) is 13.7 Å². The highest BCUT2D eigenvalue weighted by Gasteiger charge is 2.06. The number of ether oxygens (including phenoxy) is 1. The van der Waals surface area contributed by atoms with E-state index >= 15 is 0 Å². The molecule has 2 aromatic rings. The van der Waals surface area contributed by atoms with Gasteiger partial charge in [0.05, 0.1) is 6.20 Å². The third kappa shape index (κ3) is 3.04. The van der Waals surface area contributed by atoms with Crippen molar-refractivity contribution in [3.63, 3.8) is 0 Å². The molecule has 1 aromatic carbocycles. The van der Waals surface area contributed by atoms with E-state index in [2.05, 4.69) is 10.3 Å². The lowest BCUT2D eigenvalue weighted by molar-refractivity contribution is 0.303. The molecule has 0 unspecified atom stereocenters. The molecule has 0 bridgehead atoms. The first-order valence-corrected chi connectivity index (χ1v) is 5.79. The fourth-order valence-corrected chi connectivity index (χ4v) is 1.68. The molecule has 0 saturated carbocycles. The molecule has 1 heterocycles. The van der Waals surface area contributed by atoms with Crippen molar-refractivity contribution in [2.45, 2.75) is 13.5 Å². The van der Waals surface area contributed by atoms with Gasteiger partial charge in [0, 0.05) is 24.4 Å². The average Bonchev–Trinajstić information content (AvgIpc) is 2.82. The van der Waals surface area contributed by atoms with E-state index in [0.29, 0.717) is 17.9 Å². The highest BCUT2D eigenvalue weighted by Crippen LogP contribution is 2.20. The summed E-state index contributed by atoms with van der Waals surface area (Å²) in [6, 6.07) is 5.40. The quantitative estimate of drug-likeness (QED) is 0.376. The van der Waals surface area contributed by atoms with Crippen molar-refractivity contribution < 1.29 is 9.94 Å². The van der Waals surface area contributed by atoms with Gasteiger partial charge in [-0.2, -0.15) is 5.10 Å². The Kier molecular flexibility index (Phi) is 3.70. The SMILES string of the molecule is Cc1ccc(/C(N)=N/O)cc1OCc1cnn(C)c1. The van der Waals surface area contributed by atoms with Gasteiger partial charge in [-0.05, 0) is 18.6 Å². The minimum Gasteiger partial charge on any atom is -0.488 e. The number of aromatic nitrogens is 2. The summed E-state index contributed by atoms with van der Waals surface area (Å²) in [5.41, 5.74) is 8.14. The second-order valence-corrected chi connectivity index (χ2v) is 4.28. The Bertz CT molecular complexity index is 604. The number of rotatable bonds is 4. The number of aryl methyl sites for hydroxylation is 2. The van der Waals surface area contributed by atoms with E-state index in [1.807, 2.05) is 26.2 Å². The Morgan fingerprint density at radius 3 is 2.95 bits per heavy atom. The summed E-state index contributed by atoms with van der Waals surface area (Å²) in [4.78, 5) is 0. The predicted octanol–water partition coefficient (Wildman–Crippen LogP) is 1.40. The van der Waals surface area contributed by atoms with Gasteiger partial charge in [0.25, 0.3) is 0 Å². The lowest BCUT2D eigenvalue weighted by Gasteiger charge is -2.09. The van der Waals surface area contributed by atoms with Crippen molar-refractivity contribution in [3.05, 3.63) is 47.3 Å². The third-order valence-electron chi connectivity index (χ3n) is 2.74. The minimum atomic E-state index is 0.0613. The van der Waals surface area contributed by atoms with Crippen LogP contribution in [0.4, 0.5) is 0 Å². The van der Waals surface area contributed by atoms with Gasteiger partial charge >= 0.3 is 0 Å². The largest absolute Gasteiger partial charge is 0.488 e. The number of benzene rings is 1. The highest BCUT2D eigenvalue weighted by atomic mass is 16.5. The van der Waals surface area contributed by atoms with Gasteiger partial charge in [-0.3, -0.25) is 4.68 Å². The molecule has 6 nitrogen and oxygen atoms in total. The summed E-state index contributed by atoms with van der Waals surface area (Å²) < 4.78 is 7.45. The molecule has 0 aliphatic rings. The molecule has 0 saturated heterocycles. The summed E-state index contributed by atoms with van der Waals surface area (Å²) in [5.74, 6) is 0.763. The molecule has 100 valence electrons. The van der Waals surface area contributed by atoms with Crippen LogP contribution in [0.15, 0.2) is 35.7 Å². The molecule has 0 aliphatic carbocycles. The van der Waals surface area contributed by atoms with Crippen LogP contribution in [0.3, 0.4) is 0 Å². The van der Waals surface area contributed by atoms with Crippen LogP contribution in [0.25, 0.3) is 0 Å². The van der Waals surface area contributed by atoms with Gasteiger partial charge in [0.15, 0.2) is 5.84 Å². The lowest BCUT2D eigenvalue weighted by Crippen LogP contribution is -2.13. The van der Waals surface area contributed by atoms with Crippen LogP contribution in [-0.4, -0.2) is 20.8 Å². The van der Waals surface area contributed by atoms with Crippen molar-refractivity contribution >= 4 is 5.84 Å². The number of hydrogen-bond acceptors (Lipinski definition) is 4. The van der Waals surface area contributed by atoms with E-state index in [9.17, 15) is 0 Å². The second kappa shape index (κ2) is 5.43. The summed E-state index contributed by atoms with van der Waals surface area (Å²) >= 11 is 0. The molecular weight excluding hydrogens is 244 g/mol. The predicted molar refractivity (Wildman–Crippen MR) is 71.2 cm³/mol. The van der Waals surface area contributed by atoms with Gasteiger partial charge in [0.2, 0.25) is 0 Å². The minimum absolute atomic E-state index is 0.0613. The van der Waals surface area contributed by atoms with E-state index in [1.54, 1.807) is 23.0 Å². The lowest BCUT2D eigenvalue weighted by atomic mass is 10.1. The van der Waals surface area contributed by atoms with Gasteiger partial charge in [-0.1, -0.05) is 17.3 Å². The molecule has 3 N–H and O–H groups in total. The maximum Gasteiger partial charge on any atom is 0.170 e. The average molecular weight is 260 g/mol. The van der Waals surface area contributed by atoms with Gasteiger partial charge < -0.3 is 15.7 Å². The van der Waals surface area contributed by atoms with Crippen LogP contribution >= 0.6 is 0 Å². The molecule has 0 amide bonds. The number of amidine groups is 1. The van der Waals surface area contributed by atoms with Crippen molar-refractivity contribution in [2.75, 3.05) is 0 Å². The standard InChI is InChI=1S/C13H16N4O2/c1-9-3-4-11(13(14)16-18)5-12(9)19-8-10-6-15-17(2)7-10/h3-7,18H,8H2,1-2H3,(H2,14,16). The Morgan fingerprint density at radius 2 is 2.32 bits per heavy atom. The molecular formula is C13H16N4O2. The number of hydrogen-bond donors (Lipinski definition) is 2. The highest BCUT2D eigenvalue weighted by molar-refractivity contribution is 5.97. The van der Waals surface area contributed by atoms with Crippen molar-refractivity contribution in [2.24, 2.45) is 17.9 Å². The smallest absolute Gasteiger partial charge is 0.170 e. The van der Waals surface area contributed by atoms with Crippen LogP contribution in [0.2, 0.25) is 0 Å². The van der Waals surface area contributed by atoms with Gasteiger partial charge in [-0.25, -0.2) is 0 Å². The Morgan fingerprint density at radius 1 is 1.53 bits per heavy atom. The van der Waals surface area contributed by atoms with Crippen molar-refractivity contribution in [3.8, 4) is 5.75 Å². The van der Waals surface area contributed by atoms with Crippen LogP contribution in [0.1, 0.15) is 16.7 Å². The van der Waals surface area contributed by atoms with E-state index in [-0.39, 0.29) is 5.84 Å². The molecule has 2 rings (SSSR count). The normalized spacial score (nSPS) is 11.6. The van der Waals surface area contributed by atoms with Gasteiger partial charge in [0.1, 0.15) is 12.4 Å².